The summed E-state index contributed by atoms with van der Waals surface area (Å²) in [6.45, 7) is 1.89. The Bertz CT molecular complexity index is 1240. The van der Waals surface area contributed by atoms with Crippen molar-refractivity contribution in [3.05, 3.63) is 49.6 Å². The molecule has 8 heteroatoms. The van der Waals surface area contributed by atoms with Crippen LogP contribution in [0.15, 0.2) is 28.2 Å². The van der Waals surface area contributed by atoms with Crippen molar-refractivity contribution in [2.45, 2.75) is 69.5 Å². The number of aryl methyl sites for hydroxylation is 2. The third-order valence-electron chi connectivity index (χ3n) is 6.55. The van der Waals surface area contributed by atoms with Gasteiger partial charge in [-0.2, -0.15) is 0 Å². The molecule has 1 amide bonds. The van der Waals surface area contributed by atoms with Gasteiger partial charge >= 0.3 is 0 Å². The van der Waals surface area contributed by atoms with Crippen molar-refractivity contribution < 1.29 is 4.79 Å². The van der Waals surface area contributed by atoms with Crippen LogP contribution in [0.25, 0.3) is 10.2 Å². The Hall–Kier alpha value is -1.83. The molecule has 3 aromatic rings. The van der Waals surface area contributed by atoms with Crippen LogP contribution < -0.4 is 10.9 Å². The fourth-order valence-electron chi connectivity index (χ4n) is 4.84. The first kappa shape index (κ1) is 22.0. The number of carbonyl (C=O) groups is 1. The monoisotopic (exact) mass is 487 g/mol. The zero-order valence-electron chi connectivity index (χ0n) is 18.1. The summed E-state index contributed by atoms with van der Waals surface area (Å²) in [5.41, 5.74) is 2.88. The molecule has 5 nitrogen and oxygen atoms in total. The molecule has 1 N–H and O–H groups in total. The summed E-state index contributed by atoms with van der Waals surface area (Å²) < 4.78 is 1.90. The predicted molar refractivity (Wildman–Crippen MR) is 134 cm³/mol. The van der Waals surface area contributed by atoms with E-state index in [9.17, 15) is 9.59 Å². The van der Waals surface area contributed by atoms with Gasteiger partial charge in [-0.1, -0.05) is 42.3 Å². The number of halogens is 1. The van der Waals surface area contributed by atoms with Gasteiger partial charge in [-0.05, 0) is 68.7 Å². The van der Waals surface area contributed by atoms with Crippen LogP contribution in [-0.4, -0.2) is 21.2 Å². The first-order valence-electron chi connectivity index (χ1n) is 11.3. The summed E-state index contributed by atoms with van der Waals surface area (Å²) in [5, 5.41) is 5.07. The Morgan fingerprint density at radius 3 is 2.84 bits per heavy atom. The zero-order chi connectivity index (χ0) is 22.2. The van der Waals surface area contributed by atoms with Crippen LogP contribution in [0.5, 0.6) is 0 Å². The number of thiophene rings is 1. The molecule has 0 spiro atoms. The van der Waals surface area contributed by atoms with E-state index in [0.29, 0.717) is 15.9 Å². The molecule has 0 aliphatic heterocycles. The van der Waals surface area contributed by atoms with Gasteiger partial charge in [-0.15, -0.1) is 11.3 Å². The van der Waals surface area contributed by atoms with Gasteiger partial charge in [0.15, 0.2) is 5.16 Å². The molecular weight excluding hydrogens is 462 g/mol. The Labute approximate surface area is 200 Å². The number of fused-ring (bicyclic) bond motifs is 3. The molecular formula is C24H26ClN3O2S2. The van der Waals surface area contributed by atoms with Crippen LogP contribution >= 0.6 is 34.7 Å². The number of rotatable bonds is 5. The number of carbonyl (C=O) groups excluding carboxylic acids is 1. The van der Waals surface area contributed by atoms with Gasteiger partial charge in [0.2, 0.25) is 5.91 Å². The molecule has 32 heavy (non-hydrogen) atoms. The number of benzene rings is 1. The lowest BCUT2D eigenvalue weighted by molar-refractivity contribution is -0.113. The first-order valence-corrected chi connectivity index (χ1v) is 13.5. The molecule has 0 radical (unpaired) electrons. The van der Waals surface area contributed by atoms with E-state index in [2.05, 4.69) is 5.32 Å². The largest absolute Gasteiger partial charge is 0.325 e. The average molecular weight is 488 g/mol. The van der Waals surface area contributed by atoms with E-state index < -0.39 is 0 Å². The fraction of sp³-hybridized carbons (Fsp3) is 0.458. The maximum Gasteiger partial charge on any atom is 0.263 e. The lowest BCUT2D eigenvalue weighted by Gasteiger charge is -2.18. The van der Waals surface area contributed by atoms with Crippen molar-refractivity contribution in [2.24, 2.45) is 0 Å². The predicted octanol–water partition coefficient (Wildman–Crippen LogP) is 6.14. The molecule has 1 aromatic carbocycles. The minimum Gasteiger partial charge on any atom is -0.325 e. The summed E-state index contributed by atoms with van der Waals surface area (Å²) in [6.07, 6.45) is 8.61. The molecule has 0 atom stereocenters. The molecule has 0 saturated heterocycles. The second kappa shape index (κ2) is 9.20. The van der Waals surface area contributed by atoms with E-state index >= 15 is 0 Å². The highest BCUT2D eigenvalue weighted by atomic mass is 35.5. The molecule has 2 heterocycles. The van der Waals surface area contributed by atoms with Gasteiger partial charge in [0.25, 0.3) is 5.56 Å². The fourth-order valence-corrected chi connectivity index (χ4v) is 7.19. The number of hydrogen-bond donors (Lipinski definition) is 1. The van der Waals surface area contributed by atoms with Crippen molar-refractivity contribution in [1.29, 1.82) is 0 Å². The maximum atomic E-state index is 13.7. The van der Waals surface area contributed by atoms with Crippen LogP contribution in [-0.2, 0) is 17.6 Å². The Kier molecular flexibility index (Phi) is 6.32. The van der Waals surface area contributed by atoms with Crippen LogP contribution in [0.3, 0.4) is 0 Å². The molecule has 2 aliphatic rings. The quantitative estimate of drug-likeness (QED) is 0.346. The summed E-state index contributed by atoms with van der Waals surface area (Å²) in [7, 11) is 0. The number of thioether (sulfide) groups is 1. The number of nitrogens with zero attached hydrogens (tertiary/aromatic N) is 2. The highest BCUT2D eigenvalue weighted by molar-refractivity contribution is 7.99. The summed E-state index contributed by atoms with van der Waals surface area (Å²) >= 11 is 9.20. The highest BCUT2D eigenvalue weighted by Gasteiger charge is 2.27. The second-order valence-corrected chi connectivity index (χ2v) is 11.1. The van der Waals surface area contributed by atoms with E-state index in [4.69, 9.17) is 16.6 Å². The van der Waals surface area contributed by atoms with Crippen LogP contribution in [0.1, 0.15) is 60.6 Å². The zero-order valence-corrected chi connectivity index (χ0v) is 20.5. The lowest BCUT2D eigenvalue weighted by Crippen LogP contribution is -2.27. The standard InChI is InChI=1S/C24H26ClN3O2S2/c1-14-17(25)10-6-11-18(14)26-20(29)13-31-24-27-22-21(16-9-4-5-12-19(16)32-22)23(30)28(24)15-7-2-3-8-15/h6,10-11,15H,2-5,7-9,12-13H2,1H3,(H,26,29). The van der Waals surface area contributed by atoms with Gasteiger partial charge in [-0.3, -0.25) is 14.2 Å². The SMILES string of the molecule is Cc1c(Cl)cccc1NC(=O)CSc1nc2sc3c(c2c(=O)n1C1CCCC1)CCCC3. The lowest BCUT2D eigenvalue weighted by atomic mass is 9.97. The van der Waals surface area contributed by atoms with Gasteiger partial charge in [0.1, 0.15) is 4.83 Å². The Morgan fingerprint density at radius 1 is 1.25 bits per heavy atom. The van der Waals surface area contributed by atoms with Crippen LogP contribution in [0.4, 0.5) is 5.69 Å². The van der Waals surface area contributed by atoms with Gasteiger partial charge in [0, 0.05) is 21.6 Å². The molecule has 1 fully saturated rings. The van der Waals surface area contributed by atoms with Gasteiger partial charge in [0.05, 0.1) is 11.1 Å². The number of amides is 1. The third-order valence-corrected chi connectivity index (χ3v) is 9.10. The van der Waals surface area contributed by atoms with Crippen molar-refractivity contribution in [2.75, 3.05) is 11.1 Å². The van der Waals surface area contributed by atoms with E-state index in [0.717, 1.165) is 60.7 Å². The van der Waals surface area contributed by atoms with Crippen molar-refractivity contribution in [3.8, 4) is 0 Å². The van der Waals surface area contributed by atoms with Gasteiger partial charge < -0.3 is 5.32 Å². The second-order valence-electron chi connectivity index (χ2n) is 8.65. The van der Waals surface area contributed by atoms with Crippen molar-refractivity contribution >= 4 is 56.5 Å². The number of nitrogens with one attached hydrogen (secondary N) is 1. The van der Waals surface area contributed by atoms with Crippen molar-refractivity contribution in [1.82, 2.24) is 9.55 Å². The highest BCUT2D eigenvalue weighted by Crippen LogP contribution is 2.37. The molecule has 168 valence electrons. The van der Waals surface area contributed by atoms with Crippen LogP contribution in [0, 0.1) is 6.92 Å². The van der Waals surface area contributed by atoms with Crippen LogP contribution in [0.2, 0.25) is 5.02 Å². The summed E-state index contributed by atoms with van der Waals surface area (Å²) in [4.78, 5) is 33.5. The first-order chi connectivity index (χ1) is 15.5. The minimum atomic E-state index is -0.127. The summed E-state index contributed by atoms with van der Waals surface area (Å²) in [6, 6.07) is 5.66. The summed E-state index contributed by atoms with van der Waals surface area (Å²) in [5.74, 6) is 0.0694. The Balaban J connectivity index is 1.46. The molecule has 2 aromatic heterocycles. The number of aromatic nitrogens is 2. The number of hydrogen-bond acceptors (Lipinski definition) is 5. The minimum absolute atomic E-state index is 0.0925. The van der Waals surface area contributed by atoms with E-state index in [-0.39, 0.29) is 23.3 Å². The van der Waals surface area contributed by atoms with E-state index in [1.165, 1.54) is 28.6 Å². The normalized spacial score (nSPS) is 16.4. The van der Waals surface area contributed by atoms with E-state index in [1.54, 1.807) is 17.4 Å². The molecule has 0 unspecified atom stereocenters. The number of anilines is 1. The smallest absolute Gasteiger partial charge is 0.263 e. The van der Waals surface area contributed by atoms with E-state index in [1.807, 2.05) is 23.6 Å². The van der Waals surface area contributed by atoms with Gasteiger partial charge in [-0.25, -0.2) is 4.98 Å². The molecule has 2 aliphatic carbocycles. The topological polar surface area (TPSA) is 64.0 Å². The molecule has 0 bridgehead atoms. The Morgan fingerprint density at radius 2 is 2.03 bits per heavy atom. The van der Waals surface area contributed by atoms with Crippen molar-refractivity contribution in [3.63, 3.8) is 0 Å². The third kappa shape index (κ3) is 4.11. The molecule has 5 rings (SSSR count). The maximum absolute atomic E-state index is 13.7. The molecule has 1 saturated carbocycles. The average Bonchev–Trinajstić information content (AvgIpc) is 3.43.